The Morgan fingerprint density at radius 1 is 1.11 bits per heavy atom. The fourth-order valence-electron chi connectivity index (χ4n) is 2.17. The second-order valence-electron chi connectivity index (χ2n) is 5.38. The number of rotatable bonds is 7. The zero-order valence-electron chi connectivity index (χ0n) is 15.3. The molecule has 8 heteroatoms. The van der Waals surface area contributed by atoms with Gasteiger partial charge in [0.2, 0.25) is 0 Å². The van der Waals surface area contributed by atoms with Crippen molar-refractivity contribution in [2.45, 2.75) is 13.8 Å². The number of hydrogen-bond donors (Lipinski definition) is 2. The summed E-state index contributed by atoms with van der Waals surface area (Å²) in [6.45, 7) is 3.41. The van der Waals surface area contributed by atoms with Gasteiger partial charge in [-0.1, -0.05) is 12.2 Å². The molecule has 2 aromatic rings. The maximum atomic E-state index is 12.3. The molecule has 0 atom stereocenters. The number of carbonyl (C=O) groups is 1. The monoisotopic (exact) mass is 387 g/mol. The molecule has 0 spiro atoms. The number of nitrogens with zero attached hydrogens (tertiary/aromatic N) is 1. The van der Waals surface area contributed by atoms with Gasteiger partial charge in [-0.3, -0.25) is 14.5 Å². The number of nitrogens with one attached hydrogen (secondary N) is 2. The average Bonchev–Trinajstić information content (AvgIpc) is 2.66. The van der Waals surface area contributed by atoms with Crippen LogP contribution in [0.1, 0.15) is 24.3 Å². The van der Waals surface area contributed by atoms with Gasteiger partial charge in [0, 0.05) is 25.0 Å². The third-order valence-electron chi connectivity index (χ3n) is 3.46. The third kappa shape index (κ3) is 5.42. The van der Waals surface area contributed by atoms with E-state index in [0.29, 0.717) is 17.2 Å². The first-order valence-electron chi connectivity index (χ1n) is 8.17. The van der Waals surface area contributed by atoms with Gasteiger partial charge in [0.1, 0.15) is 17.2 Å². The van der Waals surface area contributed by atoms with Crippen molar-refractivity contribution in [2.24, 2.45) is 0 Å². The molecule has 142 valence electrons. The lowest BCUT2D eigenvalue weighted by atomic mass is 10.3. The lowest BCUT2D eigenvalue weighted by Crippen LogP contribution is -2.18. The summed E-state index contributed by atoms with van der Waals surface area (Å²) in [6.07, 6.45) is 6.18. The van der Waals surface area contributed by atoms with Crippen LogP contribution >= 0.6 is 0 Å². The van der Waals surface area contributed by atoms with Gasteiger partial charge in [-0.15, -0.1) is 0 Å². The van der Waals surface area contributed by atoms with Crippen LogP contribution in [0, 0.1) is 0 Å². The van der Waals surface area contributed by atoms with Gasteiger partial charge in [-0.2, -0.15) is 0 Å². The quantitative estimate of drug-likeness (QED) is 0.709. The van der Waals surface area contributed by atoms with E-state index in [4.69, 9.17) is 4.74 Å². The molecule has 1 amide bonds. The maximum Gasteiger partial charge on any atom is 0.269 e. The van der Waals surface area contributed by atoms with Crippen LogP contribution in [-0.4, -0.2) is 26.4 Å². The number of aromatic nitrogens is 1. The van der Waals surface area contributed by atoms with Crippen molar-refractivity contribution in [2.75, 3.05) is 11.8 Å². The van der Waals surface area contributed by atoms with Gasteiger partial charge >= 0.3 is 0 Å². The second kappa shape index (κ2) is 9.00. The van der Waals surface area contributed by atoms with Crippen LogP contribution in [0.5, 0.6) is 11.5 Å². The molecular formula is C19H21N3O4S. The molecule has 1 heterocycles. The lowest BCUT2D eigenvalue weighted by Gasteiger charge is -2.10. The Morgan fingerprint density at radius 3 is 2.41 bits per heavy atom. The van der Waals surface area contributed by atoms with Crippen molar-refractivity contribution in [3.63, 3.8) is 0 Å². The fraction of sp³-hybridized carbons (Fsp3) is 0.158. The first kappa shape index (κ1) is 20.2. The average molecular weight is 387 g/mol. The molecule has 0 saturated carbocycles. The molecule has 0 aliphatic carbocycles. The normalized spacial score (nSPS) is 12.0. The number of hydrogen-bond acceptors (Lipinski definition) is 5. The molecule has 0 aliphatic rings. The summed E-state index contributed by atoms with van der Waals surface area (Å²) in [7, 11) is -2.13. The Labute approximate surface area is 158 Å². The summed E-state index contributed by atoms with van der Waals surface area (Å²) in [4.78, 5) is 15.8. The van der Waals surface area contributed by atoms with E-state index in [9.17, 15) is 13.2 Å². The van der Waals surface area contributed by atoms with Crippen molar-refractivity contribution in [3.05, 3.63) is 71.4 Å². The van der Waals surface area contributed by atoms with Crippen LogP contribution in [-0.2, 0) is 10.0 Å². The Balaban J connectivity index is 2.13. The Kier molecular flexibility index (Phi) is 6.73. The highest BCUT2D eigenvalue weighted by molar-refractivity contribution is 7.96. The molecule has 0 fully saturated rings. The molecule has 1 aromatic heterocycles. The first-order chi connectivity index (χ1) is 12.9. The molecule has 0 radical (unpaired) electrons. The van der Waals surface area contributed by atoms with E-state index in [2.05, 4.69) is 15.0 Å². The van der Waals surface area contributed by atoms with E-state index in [0.717, 1.165) is 0 Å². The SMILES string of the molecule is CC=CC(=CC)S(=O)(=O)Nc1ccc(Oc2ccnc(C(=O)NC)c2)cc1. The molecule has 0 saturated heterocycles. The van der Waals surface area contributed by atoms with Gasteiger partial charge in [-0.05, 0) is 50.3 Å². The summed E-state index contributed by atoms with van der Waals surface area (Å²) in [5, 5.41) is 2.49. The zero-order valence-corrected chi connectivity index (χ0v) is 16.1. The van der Waals surface area contributed by atoms with Gasteiger partial charge in [0.25, 0.3) is 15.9 Å². The Hall–Kier alpha value is -3.13. The van der Waals surface area contributed by atoms with E-state index in [1.807, 2.05) is 0 Å². The molecule has 0 unspecified atom stereocenters. The van der Waals surface area contributed by atoms with E-state index in [-0.39, 0.29) is 16.5 Å². The van der Waals surface area contributed by atoms with E-state index < -0.39 is 10.0 Å². The van der Waals surface area contributed by atoms with Crippen molar-refractivity contribution >= 4 is 21.6 Å². The standard InChI is InChI=1S/C19H21N3O4S/c1-4-6-17(5-2)27(24,25)22-14-7-9-15(10-8-14)26-16-11-12-21-18(13-16)19(23)20-3/h4-13,22H,1-3H3,(H,20,23). The number of amides is 1. The largest absolute Gasteiger partial charge is 0.457 e. The summed E-state index contributed by atoms with van der Waals surface area (Å²) in [5.74, 6) is 0.624. The zero-order chi connectivity index (χ0) is 19.9. The summed E-state index contributed by atoms with van der Waals surface area (Å²) in [5.41, 5.74) is 0.647. The van der Waals surface area contributed by atoms with Crippen LogP contribution in [0.3, 0.4) is 0 Å². The maximum absolute atomic E-state index is 12.3. The predicted molar refractivity (Wildman–Crippen MR) is 105 cm³/mol. The van der Waals surface area contributed by atoms with Crippen molar-refractivity contribution in [1.29, 1.82) is 0 Å². The molecule has 1 aromatic carbocycles. The number of carbonyl (C=O) groups excluding carboxylic acids is 1. The minimum atomic E-state index is -3.65. The second-order valence-corrected chi connectivity index (χ2v) is 7.06. The highest BCUT2D eigenvalue weighted by Crippen LogP contribution is 2.24. The molecule has 2 N–H and O–H groups in total. The predicted octanol–water partition coefficient (Wildman–Crippen LogP) is 3.46. The summed E-state index contributed by atoms with van der Waals surface area (Å²) >= 11 is 0. The molecule has 0 bridgehead atoms. The molecule has 0 aliphatic heterocycles. The van der Waals surface area contributed by atoms with Gasteiger partial charge < -0.3 is 10.1 Å². The number of anilines is 1. The molecule has 7 nitrogen and oxygen atoms in total. The third-order valence-corrected chi connectivity index (χ3v) is 4.96. The topological polar surface area (TPSA) is 97.4 Å². The molecular weight excluding hydrogens is 366 g/mol. The first-order valence-corrected chi connectivity index (χ1v) is 9.66. The lowest BCUT2D eigenvalue weighted by molar-refractivity contribution is 0.0958. The Bertz CT molecular complexity index is 965. The van der Waals surface area contributed by atoms with E-state index in [1.54, 1.807) is 50.3 Å². The van der Waals surface area contributed by atoms with Crippen molar-refractivity contribution < 1.29 is 17.9 Å². The smallest absolute Gasteiger partial charge is 0.269 e. The highest BCUT2D eigenvalue weighted by atomic mass is 32.2. The van der Waals surface area contributed by atoms with Crippen LogP contribution in [0.4, 0.5) is 5.69 Å². The fourth-order valence-corrected chi connectivity index (χ4v) is 3.36. The van der Waals surface area contributed by atoms with Crippen molar-refractivity contribution in [1.82, 2.24) is 10.3 Å². The minimum Gasteiger partial charge on any atom is -0.457 e. The van der Waals surface area contributed by atoms with Crippen LogP contribution < -0.4 is 14.8 Å². The number of benzene rings is 1. The highest BCUT2D eigenvalue weighted by Gasteiger charge is 2.14. The number of pyridine rings is 1. The molecule has 27 heavy (non-hydrogen) atoms. The minimum absolute atomic E-state index is 0.184. The van der Waals surface area contributed by atoms with Crippen LogP contribution in [0.2, 0.25) is 0 Å². The molecule has 2 rings (SSSR count). The van der Waals surface area contributed by atoms with Crippen LogP contribution in [0.15, 0.2) is 65.7 Å². The van der Waals surface area contributed by atoms with E-state index in [1.165, 1.54) is 31.5 Å². The summed E-state index contributed by atoms with van der Waals surface area (Å²) in [6, 6.07) is 9.59. The van der Waals surface area contributed by atoms with E-state index >= 15 is 0 Å². The van der Waals surface area contributed by atoms with Gasteiger partial charge in [-0.25, -0.2) is 8.42 Å². The summed E-state index contributed by atoms with van der Waals surface area (Å²) < 4.78 is 32.8. The number of ether oxygens (including phenoxy) is 1. The van der Waals surface area contributed by atoms with Gasteiger partial charge in [0.05, 0.1) is 4.91 Å². The Morgan fingerprint density at radius 2 is 1.81 bits per heavy atom. The van der Waals surface area contributed by atoms with Crippen molar-refractivity contribution in [3.8, 4) is 11.5 Å². The number of sulfonamides is 1. The van der Waals surface area contributed by atoms with Crippen LogP contribution in [0.25, 0.3) is 0 Å². The number of allylic oxidation sites excluding steroid dienone is 3. The van der Waals surface area contributed by atoms with Gasteiger partial charge in [0.15, 0.2) is 0 Å².